The number of unbranched alkanes of at least 4 members (excludes halogenated alkanes) is 2. The molecule has 0 bridgehead atoms. The van der Waals surface area contributed by atoms with E-state index < -0.39 is 27.7 Å². The summed E-state index contributed by atoms with van der Waals surface area (Å²) in [5.41, 5.74) is 8.16. The molecule has 2 N–H and O–H groups in total. The Hall–Kier alpha value is -2.67. The number of allylic oxidation sites excluding steroid dienone is 1. The SMILES string of the molecule is [CH2-]CC1OC2CCC3=C(C2=CC1=[C-]N(CCCS(=O)(=O)O)c1[c-]cc(F)cc1C)C(C)(CCCCCC(=O)O)c1ccccc1CC3.[Li+]. The summed E-state index contributed by atoms with van der Waals surface area (Å²) in [5.74, 6) is -1.60. The Morgan fingerprint density at radius 1 is 1.19 bits per heavy atom. The minimum atomic E-state index is -4.17. The van der Waals surface area contributed by atoms with Crippen molar-refractivity contribution in [2.24, 2.45) is 0 Å². The number of carboxylic acid groups (broad SMARTS) is 1. The molecule has 3 unspecified atom stereocenters. The summed E-state index contributed by atoms with van der Waals surface area (Å²) in [4.78, 5) is 12.9. The van der Waals surface area contributed by atoms with Crippen LogP contribution in [0, 0.1) is 31.9 Å². The molecule has 0 amide bonds. The van der Waals surface area contributed by atoms with Crippen molar-refractivity contribution in [1.82, 2.24) is 0 Å². The Balaban J connectivity index is 0.00000520. The molecule has 5 rings (SSSR count). The molecule has 3 atom stereocenters. The molecular weight excluding hydrogens is 624 g/mol. The van der Waals surface area contributed by atoms with E-state index in [4.69, 9.17) is 4.74 Å². The number of aryl methyl sites for hydroxylation is 2. The number of halogens is 1. The van der Waals surface area contributed by atoms with Crippen molar-refractivity contribution in [2.75, 3.05) is 17.2 Å². The normalized spacial score (nSPS) is 22.9. The molecule has 10 heteroatoms. The predicted octanol–water partition coefficient (Wildman–Crippen LogP) is 4.66. The number of ether oxygens (including phenoxy) is 1. The first-order valence-electron chi connectivity index (χ1n) is 16.6. The summed E-state index contributed by atoms with van der Waals surface area (Å²) in [5, 5.41) is 9.17. The molecule has 0 aromatic heterocycles. The Kier molecular flexibility index (Phi) is 13.0. The molecule has 254 valence electrons. The number of hydrogen-bond donors (Lipinski definition) is 2. The second-order valence-corrected chi connectivity index (χ2v) is 14.7. The fourth-order valence-corrected chi connectivity index (χ4v) is 8.10. The Labute approximate surface area is 297 Å². The van der Waals surface area contributed by atoms with Gasteiger partial charge in [-0.15, -0.1) is 17.7 Å². The first kappa shape index (κ1) is 38.1. The van der Waals surface area contributed by atoms with Gasteiger partial charge in [0.25, 0.3) is 10.1 Å². The van der Waals surface area contributed by atoms with E-state index in [2.05, 4.69) is 56.5 Å². The molecule has 2 aromatic rings. The predicted molar refractivity (Wildman–Crippen MR) is 181 cm³/mol. The number of rotatable bonds is 13. The summed E-state index contributed by atoms with van der Waals surface area (Å²) >= 11 is 0. The van der Waals surface area contributed by atoms with Crippen molar-refractivity contribution < 1.29 is 50.9 Å². The molecule has 0 spiro atoms. The van der Waals surface area contributed by atoms with Gasteiger partial charge in [-0.3, -0.25) is 13.7 Å². The number of hydrogen-bond acceptors (Lipinski definition) is 5. The molecule has 0 saturated carbocycles. The van der Waals surface area contributed by atoms with E-state index in [0.29, 0.717) is 24.1 Å². The quantitative estimate of drug-likeness (QED) is 0.105. The van der Waals surface area contributed by atoms with E-state index in [9.17, 15) is 27.3 Å². The van der Waals surface area contributed by atoms with Crippen LogP contribution in [0.5, 0.6) is 0 Å². The Morgan fingerprint density at radius 2 is 1.96 bits per heavy atom. The average Bonchev–Trinajstić information content (AvgIpc) is 3.14. The molecule has 3 aliphatic rings. The minimum absolute atomic E-state index is 0. The largest absolute Gasteiger partial charge is 1.00 e. The molecule has 1 aliphatic heterocycles. The fraction of sp³-hybridized carbons (Fsp3) is 0.474. The van der Waals surface area contributed by atoms with Crippen LogP contribution in [0.1, 0.15) is 87.8 Å². The molecule has 0 radical (unpaired) electrons. The van der Waals surface area contributed by atoms with Crippen molar-refractivity contribution in [2.45, 2.75) is 102 Å². The van der Waals surface area contributed by atoms with Crippen molar-refractivity contribution >= 4 is 21.8 Å². The standard InChI is InChI=1S/C38H45FNO6S.Li/c1-4-34-29(25-40(21-10-22-47(43,44)45)33-18-17-30(39)23-26(33)2)24-31-35(46-34)19-16-28-15-14-27-11-7-8-12-32(27)38(3,37(28)31)20-9-5-6-13-36(41)42;/h7-8,11-12,17,23-24,34-35H,1,4-6,9-10,13-16,19-22H2,2-3H3,(H,41,42)(H,43,44,45);/q-3;+1. The van der Waals surface area contributed by atoms with Crippen molar-refractivity contribution in [1.29, 1.82) is 0 Å². The van der Waals surface area contributed by atoms with Crippen LogP contribution in [0.2, 0.25) is 0 Å². The average molecular weight is 670 g/mol. The van der Waals surface area contributed by atoms with Gasteiger partial charge in [0, 0.05) is 23.8 Å². The zero-order valence-electron chi connectivity index (χ0n) is 28.4. The molecule has 48 heavy (non-hydrogen) atoms. The number of aliphatic carboxylic acids is 1. The van der Waals surface area contributed by atoms with E-state index in [1.807, 2.05) is 0 Å². The summed E-state index contributed by atoms with van der Waals surface area (Å²) in [6, 6.07) is 14.3. The smallest absolute Gasteiger partial charge is 0.481 e. The van der Waals surface area contributed by atoms with Crippen molar-refractivity contribution in [3.8, 4) is 0 Å². The molecule has 2 aromatic carbocycles. The van der Waals surface area contributed by atoms with E-state index in [1.165, 1.54) is 34.4 Å². The molecule has 0 saturated heterocycles. The number of carboxylic acids is 1. The maximum atomic E-state index is 14.1. The second-order valence-electron chi connectivity index (χ2n) is 13.2. The van der Waals surface area contributed by atoms with Crippen LogP contribution in [-0.2, 0) is 31.5 Å². The summed E-state index contributed by atoms with van der Waals surface area (Å²) in [6.45, 7) is 8.47. The molecule has 7 nitrogen and oxygen atoms in total. The number of anilines is 1. The van der Waals surface area contributed by atoms with Crippen molar-refractivity contribution in [3.63, 3.8) is 0 Å². The molecular formula is C38H45FLiNO6S-2. The van der Waals surface area contributed by atoms with Crippen LogP contribution < -0.4 is 23.8 Å². The number of benzene rings is 2. The topological polar surface area (TPSA) is 104 Å². The molecule has 0 fully saturated rings. The van der Waals surface area contributed by atoms with E-state index in [-0.39, 0.29) is 55.9 Å². The van der Waals surface area contributed by atoms with Gasteiger partial charge in [0.1, 0.15) is 0 Å². The number of carbonyl (C=O) groups is 1. The van der Waals surface area contributed by atoms with Crippen LogP contribution in [0.25, 0.3) is 0 Å². The van der Waals surface area contributed by atoms with Gasteiger partial charge in [-0.2, -0.15) is 32.2 Å². The summed E-state index contributed by atoms with van der Waals surface area (Å²) in [7, 11) is -4.17. The maximum absolute atomic E-state index is 14.1. The Bertz CT molecular complexity index is 1690. The molecule has 2 aliphatic carbocycles. The third-order valence-electron chi connectivity index (χ3n) is 9.77. The van der Waals surface area contributed by atoms with Gasteiger partial charge in [0.15, 0.2) is 0 Å². The zero-order chi connectivity index (χ0) is 33.8. The van der Waals surface area contributed by atoms with E-state index in [1.54, 1.807) is 11.8 Å². The third kappa shape index (κ3) is 8.91. The van der Waals surface area contributed by atoms with Crippen molar-refractivity contribution in [3.05, 3.63) is 106 Å². The first-order chi connectivity index (χ1) is 22.4. The van der Waals surface area contributed by atoms with Gasteiger partial charge >= 0.3 is 24.8 Å². The second kappa shape index (κ2) is 16.4. The zero-order valence-corrected chi connectivity index (χ0v) is 29.2. The summed E-state index contributed by atoms with van der Waals surface area (Å²) < 4.78 is 53.3. The van der Waals surface area contributed by atoms with E-state index in [0.717, 1.165) is 56.1 Å². The van der Waals surface area contributed by atoms with Crippen LogP contribution in [-0.4, -0.2) is 48.6 Å². The van der Waals surface area contributed by atoms with Crippen LogP contribution >= 0.6 is 0 Å². The van der Waals surface area contributed by atoms with Gasteiger partial charge in [-0.25, -0.2) is 6.07 Å². The van der Waals surface area contributed by atoms with Gasteiger partial charge < -0.3 is 21.7 Å². The monoisotopic (exact) mass is 669 g/mol. The van der Waals surface area contributed by atoms with Crippen LogP contribution in [0.4, 0.5) is 10.1 Å². The fourth-order valence-electron chi connectivity index (χ4n) is 7.61. The number of fused-ring (bicyclic) bond motifs is 3. The van der Waals surface area contributed by atoms with Gasteiger partial charge in [0.2, 0.25) is 0 Å². The van der Waals surface area contributed by atoms with Gasteiger partial charge in [0.05, 0.1) is 11.9 Å². The van der Waals surface area contributed by atoms with Crippen LogP contribution in [0.3, 0.4) is 0 Å². The van der Waals surface area contributed by atoms with Gasteiger partial charge in [-0.1, -0.05) is 68.3 Å². The van der Waals surface area contributed by atoms with Crippen LogP contribution in [0.15, 0.2) is 64.8 Å². The molecule has 1 heterocycles. The first-order valence-corrected chi connectivity index (χ1v) is 18.2. The summed E-state index contributed by atoms with van der Waals surface area (Å²) in [6.07, 6.45) is 12.9. The third-order valence-corrected chi connectivity index (χ3v) is 10.6. The number of nitrogens with zero attached hydrogens (tertiary/aromatic N) is 1. The van der Waals surface area contributed by atoms with E-state index >= 15 is 0 Å². The minimum Gasteiger partial charge on any atom is -0.481 e. The maximum Gasteiger partial charge on any atom is 1.00 e. The van der Waals surface area contributed by atoms with Gasteiger partial charge in [-0.05, 0) is 68.2 Å². The Morgan fingerprint density at radius 3 is 2.67 bits per heavy atom.